The summed E-state index contributed by atoms with van der Waals surface area (Å²) in [5.41, 5.74) is 2.46. The van der Waals surface area contributed by atoms with Crippen molar-refractivity contribution in [2.75, 3.05) is 19.6 Å². The van der Waals surface area contributed by atoms with Gasteiger partial charge >= 0.3 is 6.29 Å². The predicted octanol–water partition coefficient (Wildman–Crippen LogP) is 6.35. The maximum Gasteiger partial charge on any atom is 0.586 e. The summed E-state index contributed by atoms with van der Waals surface area (Å²) in [6.45, 7) is 4.18. The van der Waals surface area contributed by atoms with Crippen LogP contribution in [0.25, 0.3) is 6.08 Å². The number of ether oxygens (including phenoxy) is 2. The molecule has 7 heteroatoms. The van der Waals surface area contributed by atoms with Gasteiger partial charge in [-0.2, -0.15) is 0 Å². The van der Waals surface area contributed by atoms with E-state index in [4.69, 9.17) is 0 Å². The van der Waals surface area contributed by atoms with Crippen molar-refractivity contribution in [3.63, 3.8) is 0 Å². The molecule has 5 nitrogen and oxygen atoms in total. The monoisotopic (exact) mass is 496 g/mol. The van der Waals surface area contributed by atoms with Crippen LogP contribution in [0, 0.1) is 0 Å². The maximum atomic E-state index is 13.8. The van der Waals surface area contributed by atoms with E-state index in [9.17, 15) is 13.6 Å². The number of halogens is 2. The number of hydrogen-bond acceptors (Lipinski definition) is 4. The molecule has 1 amide bonds. The van der Waals surface area contributed by atoms with Gasteiger partial charge in [0.05, 0.1) is 0 Å². The second kappa shape index (κ2) is 10.6. The van der Waals surface area contributed by atoms with Gasteiger partial charge in [0.1, 0.15) is 0 Å². The summed E-state index contributed by atoms with van der Waals surface area (Å²) >= 11 is 0. The van der Waals surface area contributed by atoms with Gasteiger partial charge in [-0.25, -0.2) is 0 Å². The Bertz CT molecular complexity index is 1100. The van der Waals surface area contributed by atoms with Gasteiger partial charge in [0, 0.05) is 30.7 Å². The number of likely N-dealkylation sites (tertiary alicyclic amines) is 1. The fourth-order valence-corrected chi connectivity index (χ4v) is 5.87. The number of hydrogen-bond donors (Lipinski definition) is 0. The minimum Gasteiger partial charge on any atom is -0.395 e. The smallest absolute Gasteiger partial charge is 0.395 e. The highest BCUT2D eigenvalue weighted by Gasteiger charge is 2.43. The molecule has 192 valence electrons. The standard InChI is InChI=1S/C29H34F2N2O3/c1-21(17-22-9-4-2-5-10-22)19-32(20-25-13-8-16-33(25)24-11-6-3-7-12-24)28(34)23-14-15-26-27(18-23)36-29(30,31)35-26/h2,4-5,9-10,14-15,17-18,24-25H,3,6-8,11-13,16,19-20H2,1H3. The summed E-state index contributed by atoms with van der Waals surface area (Å²) in [4.78, 5) is 18.3. The van der Waals surface area contributed by atoms with Crippen LogP contribution in [0.3, 0.4) is 0 Å². The van der Waals surface area contributed by atoms with Gasteiger partial charge < -0.3 is 14.4 Å². The molecule has 1 saturated carbocycles. The summed E-state index contributed by atoms with van der Waals surface area (Å²) in [6.07, 6.45) is 6.91. The van der Waals surface area contributed by atoms with Crippen LogP contribution in [0.5, 0.6) is 11.5 Å². The fourth-order valence-electron chi connectivity index (χ4n) is 5.87. The lowest BCUT2D eigenvalue weighted by Gasteiger charge is -2.38. The lowest BCUT2D eigenvalue weighted by atomic mass is 9.93. The van der Waals surface area contributed by atoms with Crippen molar-refractivity contribution in [3.8, 4) is 11.5 Å². The highest BCUT2D eigenvalue weighted by Crippen LogP contribution is 2.41. The third-order valence-corrected chi connectivity index (χ3v) is 7.49. The average molecular weight is 497 g/mol. The van der Waals surface area contributed by atoms with Gasteiger partial charge in [0.25, 0.3) is 5.91 Å². The SMILES string of the molecule is CC(=Cc1ccccc1)CN(CC1CCCN1C1CCCCC1)C(=O)c1ccc2c(c1)OC(F)(F)O2. The zero-order chi connectivity index (χ0) is 25.1. The molecule has 2 aromatic rings. The molecule has 1 atom stereocenters. The van der Waals surface area contributed by atoms with E-state index < -0.39 is 6.29 Å². The summed E-state index contributed by atoms with van der Waals surface area (Å²) in [5, 5.41) is 0. The van der Waals surface area contributed by atoms with Gasteiger partial charge in [-0.15, -0.1) is 8.78 Å². The average Bonchev–Trinajstić information content (AvgIpc) is 3.46. The van der Waals surface area contributed by atoms with Crippen molar-refractivity contribution in [1.82, 2.24) is 9.80 Å². The normalized spacial score (nSPS) is 22.1. The first-order chi connectivity index (χ1) is 17.4. The van der Waals surface area contributed by atoms with Crippen molar-refractivity contribution < 1.29 is 23.0 Å². The largest absolute Gasteiger partial charge is 0.586 e. The summed E-state index contributed by atoms with van der Waals surface area (Å²) in [5.74, 6) is -0.345. The molecule has 0 N–H and O–H groups in total. The van der Waals surface area contributed by atoms with Crippen LogP contribution in [0.15, 0.2) is 54.1 Å². The number of nitrogens with zero attached hydrogens (tertiary/aromatic N) is 2. The Hall–Kier alpha value is -2.93. The minimum absolute atomic E-state index is 0.0532. The molecule has 1 unspecified atom stereocenters. The van der Waals surface area contributed by atoms with Gasteiger partial charge in [-0.3, -0.25) is 9.69 Å². The van der Waals surface area contributed by atoms with Crippen LogP contribution >= 0.6 is 0 Å². The van der Waals surface area contributed by atoms with E-state index in [1.807, 2.05) is 42.2 Å². The van der Waals surface area contributed by atoms with E-state index in [1.165, 1.54) is 44.2 Å². The zero-order valence-electron chi connectivity index (χ0n) is 20.8. The summed E-state index contributed by atoms with van der Waals surface area (Å²) in [7, 11) is 0. The molecule has 3 aliphatic rings. The fraction of sp³-hybridized carbons (Fsp3) is 0.483. The molecule has 1 saturated heterocycles. The van der Waals surface area contributed by atoms with E-state index in [0.29, 0.717) is 30.7 Å². The highest BCUT2D eigenvalue weighted by atomic mass is 19.3. The Morgan fingerprint density at radius 2 is 1.78 bits per heavy atom. The minimum atomic E-state index is -3.71. The van der Waals surface area contributed by atoms with Crippen LogP contribution in [0.4, 0.5) is 8.78 Å². The summed E-state index contributed by atoms with van der Waals surface area (Å²) < 4.78 is 36.2. The number of alkyl halides is 2. The van der Waals surface area contributed by atoms with E-state index in [1.54, 1.807) is 6.07 Å². The van der Waals surface area contributed by atoms with Crippen molar-refractivity contribution in [3.05, 3.63) is 65.2 Å². The molecule has 0 bridgehead atoms. The van der Waals surface area contributed by atoms with Gasteiger partial charge in [-0.05, 0) is 62.9 Å². The second-order valence-electron chi connectivity index (χ2n) is 10.2. The Kier molecular flexibility index (Phi) is 7.28. The molecule has 2 heterocycles. The molecule has 2 fully saturated rings. The maximum absolute atomic E-state index is 13.8. The number of fused-ring (bicyclic) bond motifs is 1. The lowest BCUT2D eigenvalue weighted by molar-refractivity contribution is -0.286. The van der Waals surface area contributed by atoms with Crippen LogP contribution in [0.2, 0.25) is 0 Å². The first-order valence-corrected chi connectivity index (χ1v) is 13.0. The first kappa shape index (κ1) is 24.8. The number of benzene rings is 2. The quantitative estimate of drug-likeness (QED) is 0.448. The number of carbonyl (C=O) groups excluding carboxylic acids is 1. The molecule has 5 rings (SSSR count). The van der Waals surface area contributed by atoms with Crippen molar-refractivity contribution in [2.24, 2.45) is 0 Å². The van der Waals surface area contributed by atoms with Gasteiger partial charge in [0.2, 0.25) is 0 Å². The molecule has 1 aliphatic carbocycles. The number of amides is 1. The molecule has 36 heavy (non-hydrogen) atoms. The van der Waals surface area contributed by atoms with Crippen molar-refractivity contribution in [1.29, 1.82) is 0 Å². The van der Waals surface area contributed by atoms with E-state index in [-0.39, 0.29) is 17.4 Å². The van der Waals surface area contributed by atoms with Crippen LogP contribution in [-0.2, 0) is 0 Å². The number of rotatable bonds is 7. The molecule has 2 aliphatic heterocycles. The van der Waals surface area contributed by atoms with Crippen molar-refractivity contribution in [2.45, 2.75) is 70.2 Å². The number of carbonyl (C=O) groups is 1. The van der Waals surface area contributed by atoms with Crippen LogP contribution in [0.1, 0.15) is 67.8 Å². The molecule has 2 aromatic carbocycles. The van der Waals surface area contributed by atoms with Gasteiger partial charge in [0.15, 0.2) is 11.5 Å². The molecule has 0 aromatic heterocycles. The van der Waals surface area contributed by atoms with Gasteiger partial charge in [-0.1, -0.05) is 61.2 Å². The van der Waals surface area contributed by atoms with E-state index >= 15 is 0 Å². The van der Waals surface area contributed by atoms with Crippen molar-refractivity contribution >= 4 is 12.0 Å². The molecular weight excluding hydrogens is 462 g/mol. The first-order valence-electron chi connectivity index (χ1n) is 13.0. The summed E-state index contributed by atoms with van der Waals surface area (Å²) in [6, 6.07) is 15.2. The molecule has 0 radical (unpaired) electrons. The van der Waals surface area contributed by atoms with E-state index in [2.05, 4.69) is 20.4 Å². The Morgan fingerprint density at radius 1 is 1.03 bits per heavy atom. The Labute approximate surface area is 211 Å². The predicted molar refractivity (Wildman–Crippen MR) is 135 cm³/mol. The zero-order valence-corrected chi connectivity index (χ0v) is 20.8. The Morgan fingerprint density at radius 3 is 2.56 bits per heavy atom. The Balaban J connectivity index is 1.38. The topological polar surface area (TPSA) is 42.0 Å². The third kappa shape index (κ3) is 5.72. The second-order valence-corrected chi connectivity index (χ2v) is 10.2. The highest BCUT2D eigenvalue weighted by molar-refractivity contribution is 5.95. The lowest BCUT2D eigenvalue weighted by Crippen LogP contribution is -2.47. The third-order valence-electron chi connectivity index (χ3n) is 7.49. The van der Waals surface area contributed by atoms with Crippen LogP contribution < -0.4 is 9.47 Å². The van der Waals surface area contributed by atoms with Crippen LogP contribution in [-0.4, -0.2) is 53.7 Å². The van der Waals surface area contributed by atoms with E-state index in [0.717, 1.165) is 30.5 Å². The molecule has 0 spiro atoms. The molecular formula is C29H34F2N2O3.